The van der Waals surface area contributed by atoms with E-state index in [0.29, 0.717) is 0 Å². The number of piperazine rings is 1. The van der Waals surface area contributed by atoms with Crippen LogP contribution in [-0.2, 0) is 6.54 Å². The van der Waals surface area contributed by atoms with Gasteiger partial charge in [0.05, 0.1) is 10.7 Å². The first-order chi connectivity index (χ1) is 11.9. The van der Waals surface area contributed by atoms with Crippen LogP contribution >= 0.6 is 11.3 Å². The summed E-state index contributed by atoms with van der Waals surface area (Å²) in [5.74, 6) is 1.76. The van der Waals surface area contributed by atoms with E-state index in [1.54, 1.807) is 0 Å². The minimum absolute atomic E-state index is 0.765. The predicted octanol–water partition coefficient (Wildman–Crippen LogP) is 2.39. The normalized spacial score (nSPS) is 19.2. The van der Waals surface area contributed by atoms with Gasteiger partial charge in [0.2, 0.25) is 0 Å². The summed E-state index contributed by atoms with van der Waals surface area (Å²) >= 11 is 1.84. The molecule has 3 aromatic heterocycles. The Morgan fingerprint density at radius 2 is 1.83 bits per heavy atom. The largest absolute Gasteiger partial charge is 0.351 e. The van der Waals surface area contributed by atoms with Crippen LogP contribution in [0, 0.1) is 0 Å². The highest BCUT2D eigenvalue weighted by molar-refractivity contribution is 7.09. The van der Waals surface area contributed by atoms with Crippen LogP contribution in [0.5, 0.6) is 0 Å². The lowest BCUT2D eigenvalue weighted by molar-refractivity contribution is 0.247. The molecular weight excluding hydrogens is 320 g/mol. The van der Waals surface area contributed by atoms with Crippen LogP contribution in [0.25, 0.3) is 5.65 Å². The van der Waals surface area contributed by atoms with Crippen LogP contribution in [-0.4, -0.2) is 50.4 Å². The summed E-state index contributed by atoms with van der Waals surface area (Å²) in [5, 5.41) is 3.59. The molecule has 0 N–H and O–H groups in total. The molecule has 0 unspecified atom stereocenters. The third-order valence-electron chi connectivity index (χ3n) is 4.85. The molecule has 1 aliphatic carbocycles. The van der Waals surface area contributed by atoms with Crippen LogP contribution in [0.15, 0.2) is 30.2 Å². The number of anilines is 1. The zero-order valence-electron chi connectivity index (χ0n) is 13.5. The smallest absolute Gasteiger partial charge is 0.180 e. The fraction of sp³-hybridized carbons (Fsp3) is 0.471. The molecule has 2 aliphatic rings. The molecule has 0 spiro atoms. The first-order valence-corrected chi connectivity index (χ1v) is 9.44. The predicted molar refractivity (Wildman–Crippen MR) is 94.6 cm³/mol. The summed E-state index contributed by atoms with van der Waals surface area (Å²) in [6, 6.07) is 0. The summed E-state index contributed by atoms with van der Waals surface area (Å²) in [7, 11) is 0. The van der Waals surface area contributed by atoms with Gasteiger partial charge >= 0.3 is 0 Å². The van der Waals surface area contributed by atoms with E-state index in [9.17, 15) is 0 Å². The number of imidazole rings is 1. The monoisotopic (exact) mass is 340 g/mol. The maximum absolute atomic E-state index is 4.82. The third kappa shape index (κ3) is 2.67. The third-order valence-corrected chi connectivity index (χ3v) is 5.90. The SMILES string of the molecule is c1cn2ccnc2c(N2CCN(Cc3csc(C4CC4)n3)CC2)n1. The maximum Gasteiger partial charge on any atom is 0.180 e. The second-order valence-corrected chi connectivity index (χ2v) is 7.51. The summed E-state index contributed by atoms with van der Waals surface area (Å²) in [6.45, 7) is 5.02. The van der Waals surface area contributed by atoms with Crippen molar-refractivity contribution in [1.82, 2.24) is 24.3 Å². The zero-order valence-corrected chi connectivity index (χ0v) is 14.3. The van der Waals surface area contributed by atoms with Crippen LogP contribution in [0.2, 0.25) is 0 Å². The minimum atomic E-state index is 0.765. The Morgan fingerprint density at radius 1 is 1.04 bits per heavy atom. The van der Waals surface area contributed by atoms with E-state index >= 15 is 0 Å². The molecule has 0 radical (unpaired) electrons. The number of hydrogen-bond donors (Lipinski definition) is 0. The van der Waals surface area contributed by atoms with Crippen LogP contribution in [0.1, 0.15) is 29.5 Å². The first-order valence-electron chi connectivity index (χ1n) is 8.56. The Hall–Kier alpha value is -1.99. The van der Waals surface area contributed by atoms with Gasteiger partial charge in [-0.15, -0.1) is 11.3 Å². The molecule has 0 atom stereocenters. The van der Waals surface area contributed by atoms with Crippen molar-refractivity contribution < 1.29 is 0 Å². The number of fused-ring (bicyclic) bond motifs is 1. The van der Waals surface area contributed by atoms with E-state index in [1.807, 2.05) is 40.5 Å². The molecule has 6 nitrogen and oxygen atoms in total. The molecule has 0 bridgehead atoms. The lowest BCUT2D eigenvalue weighted by Gasteiger charge is -2.35. The maximum atomic E-state index is 4.82. The van der Waals surface area contributed by atoms with Crippen LogP contribution < -0.4 is 4.90 Å². The highest BCUT2D eigenvalue weighted by Gasteiger charge is 2.27. The van der Waals surface area contributed by atoms with Crippen molar-refractivity contribution >= 4 is 22.8 Å². The van der Waals surface area contributed by atoms with Gasteiger partial charge in [-0.2, -0.15) is 0 Å². The Labute approximate surface area is 144 Å². The van der Waals surface area contributed by atoms with Crippen molar-refractivity contribution in [1.29, 1.82) is 0 Å². The van der Waals surface area contributed by atoms with Crippen molar-refractivity contribution in [2.24, 2.45) is 0 Å². The molecule has 5 rings (SSSR count). The molecular formula is C17H20N6S. The molecule has 1 aliphatic heterocycles. The van der Waals surface area contributed by atoms with Gasteiger partial charge in [0.15, 0.2) is 11.5 Å². The Morgan fingerprint density at radius 3 is 2.62 bits per heavy atom. The number of rotatable bonds is 4. The molecule has 4 heterocycles. The van der Waals surface area contributed by atoms with Gasteiger partial charge in [0.25, 0.3) is 0 Å². The lowest BCUT2D eigenvalue weighted by atomic mass is 10.3. The molecule has 3 aromatic rings. The van der Waals surface area contributed by atoms with Gasteiger partial charge in [-0.05, 0) is 12.8 Å². The topological polar surface area (TPSA) is 49.6 Å². The summed E-state index contributed by atoms with van der Waals surface area (Å²) in [5.41, 5.74) is 2.18. The molecule has 1 saturated carbocycles. The average molecular weight is 340 g/mol. The number of hydrogen-bond acceptors (Lipinski definition) is 6. The number of thiazole rings is 1. The Bertz CT molecular complexity index is 844. The van der Waals surface area contributed by atoms with E-state index < -0.39 is 0 Å². The summed E-state index contributed by atoms with van der Waals surface area (Å²) in [6.07, 6.45) is 10.3. The second kappa shape index (κ2) is 5.82. The van der Waals surface area contributed by atoms with Crippen molar-refractivity contribution in [2.45, 2.75) is 25.3 Å². The zero-order chi connectivity index (χ0) is 15.9. The van der Waals surface area contributed by atoms with Crippen molar-refractivity contribution in [2.75, 3.05) is 31.1 Å². The molecule has 0 aromatic carbocycles. The van der Waals surface area contributed by atoms with Crippen molar-refractivity contribution in [3.63, 3.8) is 0 Å². The van der Waals surface area contributed by atoms with Crippen molar-refractivity contribution in [3.8, 4) is 0 Å². The molecule has 124 valence electrons. The fourth-order valence-electron chi connectivity index (χ4n) is 3.32. The highest BCUT2D eigenvalue weighted by Crippen LogP contribution is 2.41. The molecule has 7 heteroatoms. The van der Waals surface area contributed by atoms with E-state index in [1.165, 1.54) is 23.5 Å². The summed E-state index contributed by atoms with van der Waals surface area (Å²) < 4.78 is 2.03. The van der Waals surface area contributed by atoms with E-state index in [4.69, 9.17) is 4.98 Å². The van der Waals surface area contributed by atoms with E-state index in [-0.39, 0.29) is 0 Å². The first kappa shape index (κ1) is 14.4. The number of aromatic nitrogens is 4. The molecule has 24 heavy (non-hydrogen) atoms. The van der Waals surface area contributed by atoms with Gasteiger partial charge in [0.1, 0.15) is 0 Å². The lowest BCUT2D eigenvalue weighted by Crippen LogP contribution is -2.46. The van der Waals surface area contributed by atoms with Gasteiger partial charge in [-0.1, -0.05) is 0 Å². The minimum Gasteiger partial charge on any atom is -0.351 e. The van der Waals surface area contributed by atoms with E-state index in [0.717, 1.165) is 50.1 Å². The highest BCUT2D eigenvalue weighted by atomic mass is 32.1. The van der Waals surface area contributed by atoms with Gasteiger partial charge in [-0.25, -0.2) is 15.0 Å². The Balaban J connectivity index is 1.24. The standard InChI is InChI=1S/C17H20N6S/c1-2-13(1)17-20-14(12-24-17)11-21-7-9-23(10-8-21)16-15-18-3-5-22(15)6-4-19-16/h3-6,12-13H,1-2,7-11H2. The molecule has 1 saturated heterocycles. The molecule has 0 amide bonds. The van der Waals surface area contributed by atoms with E-state index in [2.05, 4.69) is 25.1 Å². The van der Waals surface area contributed by atoms with Gasteiger partial charge in [0, 0.05) is 68.8 Å². The van der Waals surface area contributed by atoms with Crippen molar-refractivity contribution in [3.05, 3.63) is 40.9 Å². The average Bonchev–Trinajstić information content (AvgIpc) is 3.17. The van der Waals surface area contributed by atoms with Crippen LogP contribution in [0.4, 0.5) is 5.82 Å². The number of nitrogens with zero attached hydrogens (tertiary/aromatic N) is 6. The molecule has 2 fully saturated rings. The van der Waals surface area contributed by atoms with Gasteiger partial charge < -0.3 is 9.30 Å². The van der Waals surface area contributed by atoms with Gasteiger partial charge in [-0.3, -0.25) is 4.90 Å². The fourth-order valence-corrected chi connectivity index (χ4v) is 4.31. The Kier molecular flexibility index (Phi) is 3.48. The quantitative estimate of drug-likeness (QED) is 0.730. The summed E-state index contributed by atoms with van der Waals surface area (Å²) in [4.78, 5) is 18.6. The van der Waals surface area contributed by atoms with Crippen LogP contribution in [0.3, 0.4) is 0 Å². The second-order valence-electron chi connectivity index (χ2n) is 6.62.